The van der Waals surface area contributed by atoms with Crippen molar-refractivity contribution in [1.29, 1.82) is 0 Å². The van der Waals surface area contributed by atoms with Crippen LogP contribution in [0, 0.1) is 11.2 Å². The summed E-state index contributed by atoms with van der Waals surface area (Å²) in [6.45, 7) is 5.36. The molecule has 0 amide bonds. The number of alkyl halides is 3. The van der Waals surface area contributed by atoms with Crippen LogP contribution in [0.5, 0.6) is 0 Å². The standard InChI is InChI=1S/C13H14F4O/c1-12(2,3)7-11(18)8-4-9(13(15,16)17)6-10(14)5-8/h4-6H,7H2,1-3H3. The first-order chi connectivity index (χ1) is 7.99. The van der Waals surface area contributed by atoms with Crippen LogP contribution in [0.15, 0.2) is 18.2 Å². The van der Waals surface area contributed by atoms with Crippen LogP contribution in [0.4, 0.5) is 17.6 Å². The van der Waals surface area contributed by atoms with Gasteiger partial charge in [0.25, 0.3) is 0 Å². The maximum absolute atomic E-state index is 13.1. The Balaban J connectivity index is 3.11. The number of hydrogen-bond donors (Lipinski definition) is 0. The molecule has 100 valence electrons. The van der Waals surface area contributed by atoms with Gasteiger partial charge in [-0.2, -0.15) is 13.2 Å². The molecule has 0 N–H and O–H groups in total. The zero-order valence-corrected chi connectivity index (χ0v) is 10.4. The second-order valence-electron chi connectivity index (χ2n) is 5.39. The molecule has 0 fully saturated rings. The first-order valence-corrected chi connectivity index (χ1v) is 5.40. The van der Waals surface area contributed by atoms with Crippen LogP contribution in [-0.2, 0) is 6.18 Å². The Kier molecular flexibility index (Phi) is 3.84. The third kappa shape index (κ3) is 4.13. The highest BCUT2D eigenvalue weighted by Gasteiger charge is 2.32. The van der Waals surface area contributed by atoms with Crippen LogP contribution in [0.3, 0.4) is 0 Å². The fraction of sp³-hybridized carbons (Fsp3) is 0.462. The van der Waals surface area contributed by atoms with Gasteiger partial charge in [0.1, 0.15) is 5.82 Å². The first kappa shape index (κ1) is 14.7. The SMILES string of the molecule is CC(C)(C)CC(=O)c1cc(F)cc(C(F)(F)F)c1. The van der Waals surface area contributed by atoms with E-state index in [0.717, 1.165) is 6.07 Å². The molecule has 0 aliphatic carbocycles. The van der Waals surface area contributed by atoms with Crippen molar-refractivity contribution in [2.75, 3.05) is 0 Å². The van der Waals surface area contributed by atoms with Crippen molar-refractivity contribution in [2.24, 2.45) is 5.41 Å². The fourth-order valence-corrected chi connectivity index (χ4v) is 1.50. The fourth-order valence-electron chi connectivity index (χ4n) is 1.50. The van der Waals surface area contributed by atoms with Gasteiger partial charge in [-0.3, -0.25) is 4.79 Å². The summed E-state index contributed by atoms with van der Waals surface area (Å²) in [4.78, 5) is 11.8. The molecule has 5 heteroatoms. The Bertz CT molecular complexity index is 455. The van der Waals surface area contributed by atoms with Crippen molar-refractivity contribution in [1.82, 2.24) is 0 Å². The van der Waals surface area contributed by atoms with Gasteiger partial charge >= 0.3 is 6.18 Å². The maximum atomic E-state index is 13.1. The van der Waals surface area contributed by atoms with Gasteiger partial charge < -0.3 is 0 Å². The second-order valence-corrected chi connectivity index (χ2v) is 5.39. The van der Waals surface area contributed by atoms with Crippen LogP contribution in [0.25, 0.3) is 0 Å². The lowest BCUT2D eigenvalue weighted by molar-refractivity contribution is -0.137. The molecule has 1 aromatic rings. The van der Waals surface area contributed by atoms with Crippen LogP contribution in [0.2, 0.25) is 0 Å². The molecule has 0 bridgehead atoms. The molecule has 0 atom stereocenters. The Morgan fingerprint density at radius 3 is 2.11 bits per heavy atom. The molecule has 0 aromatic heterocycles. The van der Waals surface area contributed by atoms with Crippen molar-refractivity contribution in [2.45, 2.75) is 33.4 Å². The van der Waals surface area contributed by atoms with Gasteiger partial charge in [0.15, 0.2) is 5.78 Å². The van der Waals surface area contributed by atoms with Gasteiger partial charge in [0.2, 0.25) is 0 Å². The number of hydrogen-bond acceptors (Lipinski definition) is 1. The highest BCUT2D eigenvalue weighted by atomic mass is 19.4. The molecule has 0 radical (unpaired) electrons. The van der Waals surface area contributed by atoms with Gasteiger partial charge in [-0.05, 0) is 23.6 Å². The lowest BCUT2D eigenvalue weighted by Gasteiger charge is -2.17. The third-order valence-corrected chi connectivity index (χ3v) is 2.24. The number of carbonyl (C=O) groups excluding carboxylic acids is 1. The van der Waals surface area contributed by atoms with Gasteiger partial charge in [-0.25, -0.2) is 4.39 Å². The van der Waals surface area contributed by atoms with Crippen molar-refractivity contribution in [3.8, 4) is 0 Å². The smallest absolute Gasteiger partial charge is 0.294 e. The topological polar surface area (TPSA) is 17.1 Å². The van der Waals surface area contributed by atoms with Crippen molar-refractivity contribution in [3.63, 3.8) is 0 Å². The van der Waals surface area contributed by atoms with Crippen LogP contribution >= 0.6 is 0 Å². The molecule has 0 saturated heterocycles. The number of ketones is 1. The number of Topliss-reactive ketones (excluding diaryl/α,β-unsaturated/α-hetero) is 1. The van der Waals surface area contributed by atoms with Gasteiger partial charge in [0.05, 0.1) is 5.56 Å². The van der Waals surface area contributed by atoms with E-state index < -0.39 is 23.3 Å². The van der Waals surface area contributed by atoms with Gasteiger partial charge in [0, 0.05) is 12.0 Å². The molecule has 1 rings (SSSR count). The van der Waals surface area contributed by atoms with Crippen LogP contribution < -0.4 is 0 Å². The molecule has 18 heavy (non-hydrogen) atoms. The molecular weight excluding hydrogens is 248 g/mol. The predicted octanol–water partition coefficient (Wildman–Crippen LogP) is 4.46. The average molecular weight is 262 g/mol. The summed E-state index contributed by atoms with van der Waals surface area (Å²) < 4.78 is 50.5. The molecule has 1 nitrogen and oxygen atoms in total. The van der Waals surface area contributed by atoms with E-state index in [4.69, 9.17) is 0 Å². The largest absolute Gasteiger partial charge is 0.416 e. The van der Waals surface area contributed by atoms with Crippen LogP contribution in [-0.4, -0.2) is 5.78 Å². The summed E-state index contributed by atoms with van der Waals surface area (Å²) in [5.41, 5.74) is -1.74. The van der Waals surface area contributed by atoms with E-state index in [2.05, 4.69) is 0 Å². The zero-order valence-electron chi connectivity index (χ0n) is 10.4. The summed E-state index contributed by atoms with van der Waals surface area (Å²) in [5.74, 6) is -1.55. The minimum absolute atomic E-state index is 0.0632. The first-order valence-electron chi connectivity index (χ1n) is 5.40. The molecule has 1 aromatic carbocycles. The van der Waals surface area contributed by atoms with E-state index in [1.807, 2.05) is 0 Å². The summed E-state index contributed by atoms with van der Waals surface area (Å²) >= 11 is 0. The minimum Gasteiger partial charge on any atom is -0.294 e. The summed E-state index contributed by atoms with van der Waals surface area (Å²) in [6, 6.07) is 1.91. The van der Waals surface area contributed by atoms with Crippen LogP contribution in [0.1, 0.15) is 43.1 Å². The number of carbonyl (C=O) groups is 1. The molecule has 0 spiro atoms. The Labute approximate surface area is 103 Å². The molecule has 0 aliphatic rings. The molecular formula is C13H14F4O. The van der Waals surface area contributed by atoms with E-state index in [1.54, 1.807) is 20.8 Å². The lowest BCUT2D eigenvalue weighted by Crippen LogP contribution is -2.14. The third-order valence-electron chi connectivity index (χ3n) is 2.24. The normalized spacial score (nSPS) is 12.6. The lowest BCUT2D eigenvalue weighted by atomic mass is 9.87. The summed E-state index contributed by atoms with van der Waals surface area (Å²) in [7, 11) is 0. The van der Waals surface area contributed by atoms with E-state index >= 15 is 0 Å². The number of benzene rings is 1. The quantitative estimate of drug-likeness (QED) is 0.568. The van der Waals surface area contributed by atoms with E-state index in [0.29, 0.717) is 12.1 Å². The van der Waals surface area contributed by atoms with E-state index in [1.165, 1.54) is 0 Å². The van der Waals surface area contributed by atoms with Crippen molar-refractivity contribution >= 4 is 5.78 Å². The van der Waals surface area contributed by atoms with Crippen molar-refractivity contribution < 1.29 is 22.4 Å². The second kappa shape index (κ2) is 4.71. The molecule has 0 aliphatic heterocycles. The van der Waals surface area contributed by atoms with Crippen molar-refractivity contribution in [3.05, 3.63) is 35.1 Å². The average Bonchev–Trinajstić information content (AvgIpc) is 2.12. The predicted molar refractivity (Wildman–Crippen MR) is 59.8 cm³/mol. The highest BCUT2D eigenvalue weighted by molar-refractivity contribution is 5.96. The molecule has 0 saturated carbocycles. The molecule has 0 heterocycles. The summed E-state index contributed by atoms with van der Waals surface area (Å²) in [6.07, 6.45) is -4.59. The highest BCUT2D eigenvalue weighted by Crippen LogP contribution is 2.31. The minimum atomic E-state index is -4.65. The monoisotopic (exact) mass is 262 g/mol. The van der Waals surface area contributed by atoms with E-state index in [9.17, 15) is 22.4 Å². The van der Waals surface area contributed by atoms with Gasteiger partial charge in [-0.1, -0.05) is 20.8 Å². The molecule has 0 unspecified atom stereocenters. The van der Waals surface area contributed by atoms with E-state index in [-0.39, 0.29) is 17.4 Å². The zero-order chi connectivity index (χ0) is 14.1. The Morgan fingerprint density at radius 2 is 1.67 bits per heavy atom. The number of rotatable bonds is 2. The number of halogens is 4. The Morgan fingerprint density at radius 1 is 1.11 bits per heavy atom. The summed E-state index contributed by atoms with van der Waals surface area (Å²) in [5, 5.41) is 0. The van der Waals surface area contributed by atoms with Gasteiger partial charge in [-0.15, -0.1) is 0 Å². The Hall–Kier alpha value is -1.39. The maximum Gasteiger partial charge on any atom is 0.416 e.